The number of aromatic nitrogens is 2. The molecule has 1 heterocycles. The Balaban J connectivity index is 1.99. The maximum Gasteiger partial charge on any atom is 0.240 e. The highest BCUT2D eigenvalue weighted by molar-refractivity contribution is 7.90. The fraction of sp³-hybridized carbons (Fsp3) is 0.318. The minimum atomic E-state index is -3.66. The van der Waals surface area contributed by atoms with Crippen LogP contribution in [0.5, 0.6) is 0 Å². The van der Waals surface area contributed by atoms with E-state index in [1.165, 1.54) is 10.3 Å². The topological polar surface area (TPSA) is 70.4 Å². The molecule has 0 amide bonds. The monoisotopic (exact) mass is 414 g/mol. The third-order valence-electron chi connectivity index (χ3n) is 4.45. The summed E-state index contributed by atoms with van der Waals surface area (Å²) in [6, 6.07) is 19.0. The van der Waals surface area contributed by atoms with E-state index in [0.29, 0.717) is 24.6 Å². The molecule has 0 atom stereocenters. The van der Waals surface area contributed by atoms with Crippen LogP contribution in [0.1, 0.15) is 20.3 Å². The number of hydrogen-bond acceptors (Lipinski definition) is 5. The van der Waals surface area contributed by atoms with Gasteiger partial charge in [0.15, 0.2) is 6.29 Å². The highest BCUT2D eigenvalue weighted by Gasteiger charge is 2.24. The van der Waals surface area contributed by atoms with Crippen molar-refractivity contribution in [3.05, 3.63) is 67.0 Å². The molecule has 1 aromatic heterocycles. The van der Waals surface area contributed by atoms with Crippen LogP contribution in [0.4, 0.5) is 0 Å². The molecule has 0 N–H and O–H groups in total. The molecule has 0 radical (unpaired) electrons. The van der Waals surface area contributed by atoms with E-state index in [4.69, 9.17) is 9.47 Å². The van der Waals surface area contributed by atoms with Crippen molar-refractivity contribution in [3.8, 4) is 22.5 Å². The van der Waals surface area contributed by atoms with Crippen molar-refractivity contribution < 1.29 is 17.9 Å². The number of ether oxygens (including phenoxy) is 2. The van der Waals surface area contributed by atoms with Crippen LogP contribution in [0.2, 0.25) is 0 Å². The molecule has 0 saturated carbocycles. The van der Waals surface area contributed by atoms with Gasteiger partial charge in [0, 0.05) is 30.8 Å². The van der Waals surface area contributed by atoms with E-state index in [2.05, 4.69) is 4.98 Å². The van der Waals surface area contributed by atoms with Gasteiger partial charge >= 0.3 is 0 Å². The maximum atomic E-state index is 13.2. The Morgan fingerprint density at radius 3 is 2.00 bits per heavy atom. The van der Waals surface area contributed by atoms with Crippen LogP contribution >= 0.6 is 0 Å². The predicted molar refractivity (Wildman–Crippen MR) is 114 cm³/mol. The van der Waals surface area contributed by atoms with E-state index in [1.807, 2.05) is 74.5 Å². The maximum absolute atomic E-state index is 13.2. The van der Waals surface area contributed by atoms with Crippen molar-refractivity contribution in [3.63, 3.8) is 0 Å². The Bertz CT molecular complexity index is 996. The molecule has 0 saturated heterocycles. The van der Waals surface area contributed by atoms with Crippen molar-refractivity contribution in [2.45, 2.75) is 26.6 Å². The summed E-state index contributed by atoms with van der Waals surface area (Å²) in [7, 11) is -3.66. The lowest BCUT2D eigenvalue weighted by Crippen LogP contribution is -2.24. The smallest absolute Gasteiger partial charge is 0.240 e. The van der Waals surface area contributed by atoms with Crippen molar-refractivity contribution in [2.75, 3.05) is 19.0 Å². The summed E-state index contributed by atoms with van der Waals surface area (Å²) < 4.78 is 38.7. The summed E-state index contributed by atoms with van der Waals surface area (Å²) in [6.07, 6.45) is 1.09. The Kier molecular flexibility index (Phi) is 7.19. The summed E-state index contributed by atoms with van der Waals surface area (Å²) in [4.78, 5) is 4.45. The van der Waals surface area contributed by atoms with Gasteiger partial charge in [0.1, 0.15) is 6.33 Å². The molecule has 0 unspecified atom stereocenters. The molecular weight excluding hydrogens is 388 g/mol. The first-order valence-electron chi connectivity index (χ1n) is 9.71. The zero-order valence-electron chi connectivity index (χ0n) is 16.7. The molecule has 3 rings (SSSR count). The lowest BCUT2D eigenvalue weighted by atomic mass is 10.1. The van der Waals surface area contributed by atoms with Crippen LogP contribution in [0, 0.1) is 0 Å². The fourth-order valence-corrected chi connectivity index (χ4v) is 4.49. The van der Waals surface area contributed by atoms with Crippen LogP contribution in [-0.4, -0.2) is 42.6 Å². The quantitative estimate of drug-likeness (QED) is 0.465. The second-order valence-corrected chi connectivity index (χ2v) is 8.38. The van der Waals surface area contributed by atoms with Crippen molar-refractivity contribution in [1.29, 1.82) is 0 Å². The summed E-state index contributed by atoms with van der Waals surface area (Å²) in [5.74, 6) is -0.109. The van der Waals surface area contributed by atoms with E-state index < -0.39 is 16.3 Å². The second-order valence-electron chi connectivity index (χ2n) is 6.41. The van der Waals surface area contributed by atoms with E-state index in [1.54, 1.807) is 0 Å². The summed E-state index contributed by atoms with van der Waals surface area (Å²) in [5, 5.41) is 0. The molecule has 154 valence electrons. The number of rotatable bonds is 10. The Morgan fingerprint density at radius 2 is 1.45 bits per heavy atom. The molecule has 29 heavy (non-hydrogen) atoms. The minimum Gasteiger partial charge on any atom is -0.353 e. The first-order valence-corrected chi connectivity index (χ1v) is 11.3. The predicted octanol–water partition coefficient (Wildman–Crippen LogP) is 4.18. The Hall–Kier alpha value is -2.48. The van der Waals surface area contributed by atoms with Gasteiger partial charge < -0.3 is 9.47 Å². The van der Waals surface area contributed by atoms with Gasteiger partial charge in [-0.1, -0.05) is 60.7 Å². The Labute approximate surface area is 172 Å². The highest BCUT2D eigenvalue weighted by atomic mass is 32.2. The Morgan fingerprint density at radius 1 is 0.897 bits per heavy atom. The van der Waals surface area contributed by atoms with Gasteiger partial charge in [0.05, 0.1) is 17.1 Å². The largest absolute Gasteiger partial charge is 0.353 e. The van der Waals surface area contributed by atoms with E-state index in [0.717, 1.165) is 11.1 Å². The molecule has 6 nitrogen and oxygen atoms in total. The third kappa shape index (κ3) is 5.12. The van der Waals surface area contributed by atoms with Gasteiger partial charge in [-0.3, -0.25) is 0 Å². The van der Waals surface area contributed by atoms with Gasteiger partial charge in [-0.05, 0) is 13.8 Å². The summed E-state index contributed by atoms with van der Waals surface area (Å²) in [5.41, 5.74) is 2.84. The van der Waals surface area contributed by atoms with Crippen molar-refractivity contribution in [2.24, 2.45) is 0 Å². The molecular formula is C22H26N2O4S. The van der Waals surface area contributed by atoms with Crippen LogP contribution in [0.15, 0.2) is 67.0 Å². The first kappa shape index (κ1) is 21.2. The lowest BCUT2D eigenvalue weighted by molar-refractivity contribution is -0.136. The van der Waals surface area contributed by atoms with Crippen LogP contribution in [0.25, 0.3) is 22.5 Å². The second kappa shape index (κ2) is 9.82. The lowest BCUT2D eigenvalue weighted by Gasteiger charge is -2.17. The van der Waals surface area contributed by atoms with Gasteiger partial charge in [-0.2, -0.15) is 0 Å². The average Bonchev–Trinajstić information content (AvgIpc) is 3.20. The third-order valence-corrected chi connectivity index (χ3v) is 6.08. The SMILES string of the molecule is CCOC(CCS(=O)(=O)n1cnc(-c2ccccc2)c1-c1ccccc1)OCC. The molecule has 0 aliphatic heterocycles. The molecule has 0 aliphatic carbocycles. The molecule has 0 fully saturated rings. The number of benzene rings is 2. The summed E-state index contributed by atoms with van der Waals surface area (Å²) >= 11 is 0. The summed E-state index contributed by atoms with van der Waals surface area (Å²) in [6.45, 7) is 4.64. The number of hydrogen-bond donors (Lipinski definition) is 0. The zero-order chi connectivity index (χ0) is 20.7. The molecule has 3 aromatic rings. The fourth-order valence-electron chi connectivity index (χ4n) is 3.14. The normalized spacial score (nSPS) is 11.8. The molecule has 0 aliphatic rings. The molecule has 7 heteroatoms. The van der Waals surface area contributed by atoms with Crippen molar-refractivity contribution in [1.82, 2.24) is 8.96 Å². The van der Waals surface area contributed by atoms with Crippen LogP contribution in [0.3, 0.4) is 0 Å². The minimum absolute atomic E-state index is 0.109. The van der Waals surface area contributed by atoms with Gasteiger partial charge in [-0.25, -0.2) is 17.4 Å². The molecule has 2 aromatic carbocycles. The van der Waals surface area contributed by atoms with E-state index >= 15 is 0 Å². The van der Waals surface area contributed by atoms with Gasteiger partial charge in [0.2, 0.25) is 10.0 Å². The van der Waals surface area contributed by atoms with Crippen molar-refractivity contribution >= 4 is 10.0 Å². The number of nitrogens with zero attached hydrogens (tertiary/aromatic N) is 2. The van der Waals surface area contributed by atoms with Gasteiger partial charge in [0.25, 0.3) is 0 Å². The average molecular weight is 415 g/mol. The molecule has 0 bridgehead atoms. The van der Waals surface area contributed by atoms with Gasteiger partial charge in [-0.15, -0.1) is 0 Å². The standard InChI is InChI=1S/C22H26N2O4S/c1-3-27-20(28-4-2)15-16-29(25,26)24-17-23-21(18-11-7-5-8-12-18)22(24)19-13-9-6-10-14-19/h5-14,17,20H,3-4,15-16H2,1-2H3. The molecule has 0 spiro atoms. The zero-order valence-corrected chi connectivity index (χ0v) is 17.5. The van der Waals surface area contributed by atoms with Crippen LogP contribution in [-0.2, 0) is 19.5 Å². The van der Waals surface area contributed by atoms with E-state index in [-0.39, 0.29) is 12.2 Å². The van der Waals surface area contributed by atoms with E-state index in [9.17, 15) is 8.42 Å². The highest BCUT2D eigenvalue weighted by Crippen LogP contribution is 2.32. The first-order chi connectivity index (χ1) is 14.1. The van der Waals surface area contributed by atoms with Crippen LogP contribution < -0.4 is 0 Å². The number of imidazole rings is 1.